The minimum absolute atomic E-state index is 0.450. The van der Waals surface area contributed by atoms with Crippen molar-refractivity contribution < 1.29 is 5.11 Å². The molecule has 0 saturated heterocycles. The van der Waals surface area contributed by atoms with Crippen LogP contribution >= 0.6 is 0 Å². The highest BCUT2D eigenvalue weighted by atomic mass is 16.3. The van der Waals surface area contributed by atoms with Gasteiger partial charge < -0.3 is 10.4 Å². The molecule has 0 aromatic heterocycles. The predicted octanol–water partition coefficient (Wildman–Crippen LogP) is 3.34. The van der Waals surface area contributed by atoms with E-state index in [9.17, 15) is 5.11 Å². The second kappa shape index (κ2) is 9.00. The number of rotatable bonds is 10. The van der Waals surface area contributed by atoms with E-state index in [1.165, 1.54) is 12.8 Å². The lowest BCUT2D eigenvalue weighted by atomic mass is 9.94. The van der Waals surface area contributed by atoms with Crippen LogP contribution in [-0.4, -0.2) is 23.8 Å². The predicted molar refractivity (Wildman–Crippen MR) is 71.7 cm³/mol. The molecule has 2 heteroatoms. The first kappa shape index (κ1) is 15.9. The molecule has 0 saturated carbocycles. The van der Waals surface area contributed by atoms with Crippen molar-refractivity contribution in [3.05, 3.63) is 0 Å². The third kappa shape index (κ3) is 9.17. The quantitative estimate of drug-likeness (QED) is 0.563. The Hall–Kier alpha value is -0.0800. The third-order valence-corrected chi connectivity index (χ3v) is 3.33. The normalized spacial score (nSPS) is 17.1. The first-order valence-electron chi connectivity index (χ1n) is 6.95. The highest BCUT2D eigenvalue weighted by Crippen LogP contribution is 2.19. The fourth-order valence-corrected chi connectivity index (χ4v) is 1.77. The molecule has 2 N–H and O–H groups in total. The van der Waals surface area contributed by atoms with Gasteiger partial charge in [-0.15, -0.1) is 0 Å². The second-order valence-corrected chi connectivity index (χ2v) is 5.42. The van der Waals surface area contributed by atoms with Gasteiger partial charge in [0.15, 0.2) is 0 Å². The molecule has 0 aliphatic rings. The molecule has 16 heavy (non-hydrogen) atoms. The molecule has 0 heterocycles. The maximum Gasteiger partial charge on any atom is 0.0620 e. The summed E-state index contributed by atoms with van der Waals surface area (Å²) in [5.74, 6) is 0.764. The van der Waals surface area contributed by atoms with E-state index in [0.717, 1.165) is 44.7 Å². The Balaban J connectivity index is 3.42. The Labute approximate surface area is 102 Å². The van der Waals surface area contributed by atoms with E-state index in [1.807, 2.05) is 6.92 Å². The van der Waals surface area contributed by atoms with E-state index in [4.69, 9.17) is 0 Å². The smallest absolute Gasteiger partial charge is 0.0620 e. The number of unbranched alkanes of at least 4 members (excludes halogenated alkanes) is 1. The van der Waals surface area contributed by atoms with Crippen LogP contribution in [0.25, 0.3) is 0 Å². The summed E-state index contributed by atoms with van der Waals surface area (Å²) in [5, 5.41) is 13.5. The molecular formula is C14H31NO. The minimum atomic E-state index is -0.450. The van der Waals surface area contributed by atoms with Gasteiger partial charge in [0.1, 0.15) is 0 Å². The Bertz CT molecular complexity index is 157. The van der Waals surface area contributed by atoms with Crippen molar-refractivity contribution in [3.63, 3.8) is 0 Å². The standard InChI is InChI=1S/C14H31NO/c1-5-7-9-14(4,16)10-8-11-15-12-13(3)6-2/h13,15-16H,5-12H2,1-4H3. The summed E-state index contributed by atoms with van der Waals surface area (Å²) in [6.07, 6.45) is 6.47. The highest BCUT2D eigenvalue weighted by molar-refractivity contribution is 4.72. The zero-order valence-electron chi connectivity index (χ0n) is 11.7. The van der Waals surface area contributed by atoms with Crippen LogP contribution in [0.4, 0.5) is 0 Å². The maximum atomic E-state index is 10.1. The van der Waals surface area contributed by atoms with Crippen molar-refractivity contribution in [1.29, 1.82) is 0 Å². The molecular weight excluding hydrogens is 198 g/mol. The summed E-state index contributed by atoms with van der Waals surface area (Å²) in [6, 6.07) is 0. The molecule has 0 fully saturated rings. The molecule has 98 valence electrons. The lowest BCUT2D eigenvalue weighted by Crippen LogP contribution is -2.27. The second-order valence-electron chi connectivity index (χ2n) is 5.42. The Morgan fingerprint density at radius 1 is 1.19 bits per heavy atom. The van der Waals surface area contributed by atoms with Crippen LogP contribution in [-0.2, 0) is 0 Å². The summed E-state index contributed by atoms with van der Waals surface area (Å²) in [6.45, 7) is 10.8. The molecule has 2 nitrogen and oxygen atoms in total. The molecule has 0 aromatic carbocycles. The Morgan fingerprint density at radius 3 is 2.38 bits per heavy atom. The van der Waals surface area contributed by atoms with Crippen molar-refractivity contribution in [2.45, 2.75) is 71.8 Å². The molecule has 0 aliphatic heterocycles. The van der Waals surface area contributed by atoms with E-state index in [-0.39, 0.29) is 0 Å². The largest absolute Gasteiger partial charge is 0.390 e. The average Bonchev–Trinajstić information content (AvgIpc) is 2.25. The Morgan fingerprint density at radius 2 is 1.81 bits per heavy atom. The van der Waals surface area contributed by atoms with Crippen LogP contribution in [0.3, 0.4) is 0 Å². The molecule has 0 rings (SSSR count). The van der Waals surface area contributed by atoms with E-state index < -0.39 is 5.60 Å². The van der Waals surface area contributed by atoms with Gasteiger partial charge in [-0.25, -0.2) is 0 Å². The van der Waals surface area contributed by atoms with Crippen molar-refractivity contribution in [2.24, 2.45) is 5.92 Å². The van der Waals surface area contributed by atoms with E-state index >= 15 is 0 Å². The van der Waals surface area contributed by atoms with E-state index in [0.29, 0.717) is 0 Å². The molecule has 0 aromatic rings. The number of nitrogens with one attached hydrogen (secondary N) is 1. The summed E-state index contributed by atoms with van der Waals surface area (Å²) < 4.78 is 0. The van der Waals surface area contributed by atoms with Crippen LogP contribution in [0.2, 0.25) is 0 Å². The summed E-state index contributed by atoms with van der Waals surface area (Å²) in [7, 11) is 0. The molecule has 0 amide bonds. The van der Waals surface area contributed by atoms with E-state index in [1.54, 1.807) is 0 Å². The monoisotopic (exact) mass is 229 g/mol. The van der Waals surface area contributed by atoms with Crippen LogP contribution in [0, 0.1) is 5.92 Å². The van der Waals surface area contributed by atoms with Gasteiger partial charge in [0.25, 0.3) is 0 Å². The van der Waals surface area contributed by atoms with Crippen LogP contribution in [0.15, 0.2) is 0 Å². The van der Waals surface area contributed by atoms with Gasteiger partial charge >= 0.3 is 0 Å². The van der Waals surface area contributed by atoms with Crippen LogP contribution < -0.4 is 5.32 Å². The first-order chi connectivity index (χ1) is 7.52. The molecule has 2 atom stereocenters. The minimum Gasteiger partial charge on any atom is -0.390 e. The van der Waals surface area contributed by atoms with Gasteiger partial charge in [-0.2, -0.15) is 0 Å². The van der Waals surface area contributed by atoms with Gasteiger partial charge in [-0.1, -0.05) is 40.0 Å². The first-order valence-corrected chi connectivity index (χ1v) is 6.95. The van der Waals surface area contributed by atoms with Gasteiger partial charge in [0.2, 0.25) is 0 Å². The number of hydrogen-bond donors (Lipinski definition) is 2. The fourth-order valence-electron chi connectivity index (χ4n) is 1.77. The molecule has 0 aliphatic carbocycles. The molecule has 0 spiro atoms. The van der Waals surface area contributed by atoms with Gasteiger partial charge in [0, 0.05) is 0 Å². The zero-order chi connectivity index (χ0) is 12.4. The molecule has 2 unspecified atom stereocenters. The van der Waals surface area contributed by atoms with Gasteiger partial charge in [0.05, 0.1) is 5.60 Å². The average molecular weight is 229 g/mol. The SMILES string of the molecule is CCCCC(C)(O)CCCNCC(C)CC. The molecule has 0 bridgehead atoms. The lowest BCUT2D eigenvalue weighted by molar-refractivity contribution is 0.0378. The van der Waals surface area contributed by atoms with Crippen molar-refractivity contribution in [1.82, 2.24) is 5.32 Å². The highest BCUT2D eigenvalue weighted by Gasteiger charge is 2.18. The van der Waals surface area contributed by atoms with Crippen LogP contribution in [0.1, 0.15) is 66.2 Å². The van der Waals surface area contributed by atoms with Crippen molar-refractivity contribution in [2.75, 3.05) is 13.1 Å². The summed E-state index contributed by atoms with van der Waals surface area (Å²) in [5.41, 5.74) is -0.450. The fraction of sp³-hybridized carbons (Fsp3) is 1.00. The van der Waals surface area contributed by atoms with Crippen LogP contribution in [0.5, 0.6) is 0 Å². The zero-order valence-corrected chi connectivity index (χ0v) is 11.7. The van der Waals surface area contributed by atoms with Crippen molar-refractivity contribution >= 4 is 0 Å². The maximum absolute atomic E-state index is 10.1. The summed E-state index contributed by atoms with van der Waals surface area (Å²) >= 11 is 0. The van der Waals surface area contributed by atoms with Gasteiger partial charge in [-0.05, 0) is 45.2 Å². The summed E-state index contributed by atoms with van der Waals surface area (Å²) in [4.78, 5) is 0. The topological polar surface area (TPSA) is 32.3 Å². The number of hydrogen-bond acceptors (Lipinski definition) is 2. The number of aliphatic hydroxyl groups is 1. The lowest BCUT2D eigenvalue weighted by Gasteiger charge is -2.23. The van der Waals surface area contributed by atoms with Gasteiger partial charge in [-0.3, -0.25) is 0 Å². The van der Waals surface area contributed by atoms with Crippen molar-refractivity contribution in [3.8, 4) is 0 Å². The Kier molecular flexibility index (Phi) is 8.96. The molecule has 0 radical (unpaired) electrons. The van der Waals surface area contributed by atoms with E-state index in [2.05, 4.69) is 26.1 Å². The third-order valence-electron chi connectivity index (χ3n) is 3.33.